The highest BCUT2D eigenvalue weighted by molar-refractivity contribution is 5.75. The Morgan fingerprint density at radius 2 is 1.92 bits per heavy atom. The van der Waals surface area contributed by atoms with Crippen LogP contribution < -0.4 is 10.6 Å². The van der Waals surface area contributed by atoms with Gasteiger partial charge >= 0.3 is 6.03 Å². The lowest BCUT2D eigenvalue weighted by Crippen LogP contribution is -2.48. The van der Waals surface area contributed by atoms with Crippen molar-refractivity contribution in [3.63, 3.8) is 0 Å². The van der Waals surface area contributed by atoms with Gasteiger partial charge in [-0.1, -0.05) is 12.1 Å². The summed E-state index contributed by atoms with van der Waals surface area (Å²) in [5, 5.41) is 10.0. The lowest BCUT2D eigenvalue weighted by molar-refractivity contribution is -0.129. The number of amides is 3. The molecule has 1 fully saturated rings. The van der Waals surface area contributed by atoms with Crippen molar-refractivity contribution in [3.8, 4) is 5.69 Å². The summed E-state index contributed by atoms with van der Waals surface area (Å²) >= 11 is 0. The van der Waals surface area contributed by atoms with Crippen molar-refractivity contribution in [2.24, 2.45) is 0 Å². The molecule has 0 unspecified atom stereocenters. The molecule has 2 aromatic rings. The van der Waals surface area contributed by atoms with Gasteiger partial charge in [0.25, 0.3) is 0 Å². The van der Waals surface area contributed by atoms with Crippen LogP contribution in [0.25, 0.3) is 5.69 Å². The van der Waals surface area contributed by atoms with E-state index in [-0.39, 0.29) is 18.0 Å². The molecule has 1 aliphatic rings. The highest BCUT2D eigenvalue weighted by atomic mass is 16.2. The van der Waals surface area contributed by atoms with Crippen LogP contribution in [0.2, 0.25) is 0 Å². The van der Waals surface area contributed by atoms with Crippen molar-refractivity contribution in [2.75, 3.05) is 13.1 Å². The largest absolute Gasteiger partial charge is 0.343 e. The molecule has 0 aliphatic carbocycles. The first-order chi connectivity index (χ1) is 12.1. The zero-order valence-electron chi connectivity index (χ0n) is 14.3. The lowest BCUT2D eigenvalue weighted by atomic mass is 10.1. The van der Waals surface area contributed by atoms with Crippen LogP contribution in [0.5, 0.6) is 0 Å². The molecule has 0 spiro atoms. The normalized spacial score (nSPS) is 15.0. The Hall–Kier alpha value is -2.83. The summed E-state index contributed by atoms with van der Waals surface area (Å²) in [5.41, 5.74) is 2.01. The predicted octanol–water partition coefficient (Wildman–Crippen LogP) is 1.68. The fraction of sp³-hybridized carbons (Fsp3) is 0.389. The molecule has 3 amide bonds. The number of piperidine rings is 1. The summed E-state index contributed by atoms with van der Waals surface area (Å²) in [6.07, 6.45) is 5.22. The van der Waals surface area contributed by atoms with Gasteiger partial charge in [-0.2, -0.15) is 5.10 Å². The second kappa shape index (κ2) is 7.83. The third-order valence-corrected chi connectivity index (χ3v) is 4.43. The van der Waals surface area contributed by atoms with Gasteiger partial charge in [0.2, 0.25) is 5.91 Å². The summed E-state index contributed by atoms with van der Waals surface area (Å²) in [6, 6.07) is 9.72. The lowest BCUT2D eigenvalue weighted by Gasteiger charge is -2.31. The Kier molecular flexibility index (Phi) is 5.33. The van der Waals surface area contributed by atoms with Crippen molar-refractivity contribution >= 4 is 11.9 Å². The molecule has 0 saturated carbocycles. The molecule has 3 rings (SSSR count). The molecule has 2 heterocycles. The van der Waals surface area contributed by atoms with Gasteiger partial charge in [0, 0.05) is 45.0 Å². The molecule has 1 aromatic heterocycles. The van der Waals surface area contributed by atoms with Gasteiger partial charge in [0.15, 0.2) is 0 Å². The molecule has 7 nitrogen and oxygen atoms in total. The minimum atomic E-state index is -0.169. The van der Waals surface area contributed by atoms with E-state index in [1.165, 1.54) is 0 Å². The Morgan fingerprint density at radius 3 is 2.52 bits per heavy atom. The van der Waals surface area contributed by atoms with Crippen LogP contribution in [0.15, 0.2) is 42.7 Å². The third kappa shape index (κ3) is 4.59. The molecule has 1 saturated heterocycles. The number of carbonyl (C=O) groups excluding carboxylic acids is 2. The predicted molar refractivity (Wildman–Crippen MR) is 94.2 cm³/mol. The second-order valence-corrected chi connectivity index (χ2v) is 6.22. The van der Waals surface area contributed by atoms with Gasteiger partial charge in [-0.3, -0.25) is 4.79 Å². The molecule has 0 bridgehead atoms. The molecule has 1 aliphatic heterocycles. The SMILES string of the molecule is CC(=O)N1CCC(NC(=O)NCc2ccc(-n3cccn3)cc2)CC1. The third-order valence-electron chi connectivity index (χ3n) is 4.43. The Labute approximate surface area is 147 Å². The van der Waals surface area contributed by atoms with Crippen LogP contribution in [-0.2, 0) is 11.3 Å². The highest BCUT2D eigenvalue weighted by Crippen LogP contribution is 2.11. The molecule has 7 heteroatoms. The smallest absolute Gasteiger partial charge is 0.315 e. The number of benzene rings is 1. The van der Waals surface area contributed by atoms with E-state index in [1.807, 2.05) is 41.4 Å². The monoisotopic (exact) mass is 341 g/mol. The van der Waals surface area contributed by atoms with Crippen molar-refractivity contribution in [1.82, 2.24) is 25.3 Å². The van der Waals surface area contributed by atoms with Gasteiger partial charge in [-0.25, -0.2) is 9.48 Å². The molecular formula is C18H23N5O2. The zero-order chi connectivity index (χ0) is 17.6. The first-order valence-electron chi connectivity index (χ1n) is 8.50. The van der Waals surface area contributed by atoms with Crippen LogP contribution >= 0.6 is 0 Å². The van der Waals surface area contributed by atoms with Gasteiger partial charge in [0.1, 0.15) is 0 Å². The maximum atomic E-state index is 12.0. The number of aromatic nitrogens is 2. The molecule has 0 radical (unpaired) electrons. The molecule has 2 N–H and O–H groups in total. The number of rotatable bonds is 4. The number of likely N-dealkylation sites (tertiary alicyclic amines) is 1. The van der Waals surface area contributed by atoms with E-state index < -0.39 is 0 Å². The van der Waals surface area contributed by atoms with Crippen molar-refractivity contribution in [1.29, 1.82) is 0 Å². The summed E-state index contributed by atoms with van der Waals surface area (Å²) < 4.78 is 1.79. The minimum absolute atomic E-state index is 0.0986. The number of nitrogens with one attached hydrogen (secondary N) is 2. The Bertz CT molecular complexity index is 704. The topological polar surface area (TPSA) is 79.3 Å². The quantitative estimate of drug-likeness (QED) is 0.888. The number of urea groups is 1. The van der Waals surface area contributed by atoms with E-state index in [9.17, 15) is 9.59 Å². The standard InChI is InChI=1S/C18H23N5O2/c1-14(24)22-11-7-16(8-12-22)21-18(25)19-13-15-3-5-17(6-4-15)23-10-2-9-20-23/h2-6,9-10,16H,7-8,11-13H2,1H3,(H2,19,21,25). The summed E-state index contributed by atoms with van der Waals surface area (Å²) in [5.74, 6) is 0.0986. The second-order valence-electron chi connectivity index (χ2n) is 6.22. The van der Waals surface area contributed by atoms with Crippen molar-refractivity contribution < 1.29 is 9.59 Å². The Balaban J connectivity index is 1.43. The first kappa shape index (κ1) is 17.0. The molecule has 0 atom stereocenters. The molecule has 25 heavy (non-hydrogen) atoms. The molecular weight excluding hydrogens is 318 g/mol. The Morgan fingerprint density at radius 1 is 1.20 bits per heavy atom. The van der Waals surface area contributed by atoms with E-state index in [4.69, 9.17) is 0 Å². The van der Waals surface area contributed by atoms with Crippen LogP contribution in [-0.4, -0.2) is 45.8 Å². The number of nitrogens with zero attached hydrogens (tertiary/aromatic N) is 3. The fourth-order valence-corrected chi connectivity index (χ4v) is 2.95. The average molecular weight is 341 g/mol. The van der Waals surface area contributed by atoms with E-state index in [1.54, 1.807) is 17.8 Å². The van der Waals surface area contributed by atoms with Crippen molar-refractivity contribution in [2.45, 2.75) is 32.4 Å². The van der Waals surface area contributed by atoms with Gasteiger partial charge in [-0.15, -0.1) is 0 Å². The fourth-order valence-electron chi connectivity index (χ4n) is 2.95. The number of hydrogen-bond acceptors (Lipinski definition) is 3. The van der Waals surface area contributed by atoms with Crippen LogP contribution in [0, 0.1) is 0 Å². The highest BCUT2D eigenvalue weighted by Gasteiger charge is 2.21. The maximum Gasteiger partial charge on any atom is 0.315 e. The zero-order valence-corrected chi connectivity index (χ0v) is 14.3. The van der Waals surface area contributed by atoms with E-state index in [2.05, 4.69) is 15.7 Å². The minimum Gasteiger partial charge on any atom is -0.343 e. The van der Waals surface area contributed by atoms with Crippen molar-refractivity contribution in [3.05, 3.63) is 48.3 Å². The summed E-state index contributed by atoms with van der Waals surface area (Å²) in [4.78, 5) is 25.2. The average Bonchev–Trinajstić information content (AvgIpc) is 3.15. The van der Waals surface area contributed by atoms with Crippen LogP contribution in [0.3, 0.4) is 0 Å². The summed E-state index contributed by atoms with van der Waals surface area (Å²) in [6.45, 7) is 3.46. The van der Waals surface area contributed by atoms with E-state index in [0.29, 0.717) is 19.6 Å². The van der Waals surface area contributed by atoms with Gasteiger partial charge < -0.3 is 15.5 Å². The molecule has 1 aromatic carbocycles. The van der Waals surface area contributed by atoms with E-state index >= 15 is 0 Å². The summed E-state index contributed by atoms with van der Waals surface area (Å²) in [7, 11) is 0. The number of hydrogen-bond donors (Lipinski definition) is 2. The van der Waals surface area contributed by atoms with Gasteiger partial charge in [-0.05, 0) is 36.6 Å². The van der Waals surface area contributed by atoms with E-state index in [0.717, 1.165) is 24.1 Å². The number of carbonyl (C=O) groups is 2. The maximum absolute atomic E-state index is 12.0. The molecule has 132 valence electrons. The van der Waals surface area contributed by atoms with Crippen LogP contribution in [0.1, 0.15) is 25.3 Å². The van der Waals surface area contributed by atoms with Crippen LogP contribution in [0.4, 0.5) is 4.79 Å². The first-order valence-corrected chi connectivity index (χ1v) is 8.50. The van der Waals surface area contributed by atoms with Gasteiger partial charge in [0.05, 0.1) is 5.69 Å².